The molecule has 4 heteroatoms. The van der Waals surface area contributed by atoms with Gasteiger partial charge in [-0.05, 0) is 17.9 Å². The van der Waals surface area contributed by atoms with Crippen molar-refractivity contribution in [2.24, 2.45) is 0 Å². The lowest BCUT2D eigenvalue weighted by molar-refractivity contribution is 0.0259. The van der Waals surface area contributed by atoms with Crippen LogP contribution < -0.4 is 5.32 Å². The molecule has 0 unspecified atom stereocenters. The quantitative estimate of drug-likeness (QED) is 0.848. The van der Waals surface area contributed by atoms with Gasteiger partial charge in [-0.2, -0.15) is 0 Å². The van der Waals surface area contributed by atoms with Gasteiger partial charge >= 0.3 is 6.09 Å². The molecule has 1 atom stereocenters. The first kappa shape index (κ1) is 14.6. The van der Waals surface area contributed by atoms with Crippen LogP contribution in [0.1, 0.15) is 12.8 Å². The van der Waals surface area contributed by atoms with E-state index in [2.05, 4.69) is 11.4 Å². The van der Waals surface area contributed by atoms with Crippen molar-refractivity contribution >= 4 is 22.6 Å². The Hall–Kier alpha value is -2.33. The number of amides is 1. The van der Waals surface area contributed by atoms with E-state index in [1.165, 1.54) is 0 Å². The molecular weight excluding hydrogens is 278 g/mol. The van der Waals surface area contributed by atoms with Crippen LogP contribution in [0, 0.1) is 0 Å². The van der Waals surface area contributed by atoms with E-state index in [-0.39, 0.29) is 6.10 Å². The van der Waals surface area contributed by atoms with E-state index in [0.29, 0.717) is 19.6 Å². The van der Waals surface area contributed by atoms with Crippen LogP contribution in [0.4, 0.5) is 10.5 Å². The Balaban J connectivity index is 1.68. The second-order valence-electron chi connectivity index (χ2n) is 5.25. The summed E-state index contributed by atoms with van der Waals surface area (Å²) in [6.45, 7) is 1.11. The first-order chi connectivity index (χ1) is 10.8. The van der Waals surface area contributed by atoms with Gasteiger partial charge in [-0.3, -0.25) is 5.32 Å². The third kappa shape index (κ3) is 3.65. The van der Waals surface area contributed by atoms with Gasteiger partial charge in [0.1, 0.15) is 6.10 Å². The first-order valence-electron chi connectivity index (χ1n) is 7.51. The number of hydrogen-bond donors (Lipinski definition) is 1. The summed E-state index contributed by atoms with van der Waals surface area (Å²) in [6, 6.07) is 13.7. The Morgan fingerprint density at radius 2 is 2.00 bits per heavy atom. The molecule has 1 heterocycles. The molecule has 1 N–H and O–H groups in total. The van der Waals surface area contributed by atoms with Gasteiger partial charge in [-0.1, -0.05) is 48.6 Å². The van der Waals surface area contributed by atoms with Crippen LogP contribution in [0.25, 0.3) is 10.8 Å². The molecule has 0 fully saturated rings. The van der Waals surface area contributed by atoms with E-state index >= 15 is 0 Å². The van der Waals surface area contributed by atoms with E-state index in [4.69, 9.17) is 9.47 Å². The molecule has 0 bridgehead atoms. The zero-order chi connectivity index (χ0) is 15.2. The van der Waals surface area contributed by atoms with Crippen molar-refractivity contribution in [1.82, 2.24) is 0 Å². The number of ether oxygens (including phenoxy) is 2. The summed E-state index contributed by atoms with van der Waals surface area (Å²) in [7, 11) is 0. The molecule has 0 radical (unpaired) electrons. The third-order valence-corrected chi connectivity index (χ3v) is 3.60. The predicted molar refractivity (Wildman–Crippen MR) is 87.0 cm³/mol. The summed E-state index contributed by atoms with van der Waals surface area (Å²) in [5, 5.41) is 4.90. The van der Waals surface area contributed by atoms with Crippen molar-refractivity contribution in [2.45, 2.75) is 18.9 Å². The molecule has 1 aliphatic rings. The Morgan fingerprint density at radius 1 is 1.14 bits per heavy atom. The van der Waals surface area contributed by atoms with Crippen LogP contribution in [0.3, 0.4) is 0 Å². The number of hydrogen-bond acceptors (Lipinski definition) is 3. The predicted octanol–water partition coefficient (Wildman–Crippen LogP) is 4.12. The zero-order valence-electron chi connectivity index (χ0n) is 12.3. The Morgan fingerprint density at radius 3 is 2.95 bits per heavy atom. The zero-order valence-corrected chi connectivity index (χ0v) is 12.3. The molecule has 114 valence electrons. The SMILES string of the molecule is O=C(Nc1cccc2ccccc12)O[C@H]1CC=CCCOC1. The van der Waals surface area contributed by atoms with Gasteiger partial charge in [0, 0.05) is 11.8 Å². The van der Waals surface area contributed by atoms with Crippen molar-refractivity contribution in [1.29, 1.82) is 0 Å². The summed E-state index contributed by atoms with van der Waals surface area (Å²) in [5.74, 6) is 0. The lowest BCUT2D eigenvalue weighted by Crippen LogP contribution is -2.27. The minimum Gasteiger partial charge on any atom is -0.443 e. The largest absolute Gasteiger partial charge is 0.443 e. The second kappa shape index (κ2) is 7.09. The summed E-state index contributed by atoms with van der Waals surface area (Å²) in [6.07, 6.45) is 5.00. The molecule has 2 aromatic rings. The molecular formula is C18H19NO3. The molecule has 0 spiro atoms. The molecule has 0 aromatic heterocycles. The first-order valence-corrected chi connectivity index (χ1v) is 7.51. The molecule has 4 nitrogen and oxygen atoms in total. The maximum absolute atomic E-state index is 12.1. The summed E-state index contributed by atoms with van der Waals surface area (Å²) in [5.41, 5.74) is 0.755. The molecule has 22 heavy (non-hydrogen) atoms. The highest BCUT2D eigenvalue weighted by Crippen LogP contribution is 2.23. The normalized spacial score (nSPS) is 18.5. The van der Waals surface area contributed by atoms with Crippen molar-refractivity contribution in [3.8, 4) is 0 Å². The number of rotatable bonds is 2. The van der Waals surface area contributed by atoms with Crippen LogP contribution in [0.15, 0.2) is 54.6 Å². The van der Waals surface area contributed by atoms with Crippen molar-refractivity contribution in [2.75, 3.05) is 18.5 Å². The number of anilines is 1. The lowest BCUT2D eigenvalue weighted by Gasteiger charge is -2.18. The summed E-state index contributed by atoms with van der Waals surface area (Å²) < 4.78 is 10.9. The minimum absolute atomic E-state index is 0.244. The Kier molecular flexibility index (Phi) is 4.71. The van der Waals surface area contributed by atoms with Gasteiger partial charge in [-0.15, -0.1) is 0 Å². The van der Waals surface area contributed by atoms with Gasteiger partial charge in [-0.25, -0.2) is 4.79 Å². The van der Waals surface area contributed by atoms with Crippen molar-refractivity contribution in [3.63, 3.8) is 0 Å². The van der Waals surface area contributed by atoms with Crippen molar-refractivity contribution < 1.29 is 14.3 Å². The fraction of sp³-hybridized carbons (Fsp3) is 0.278. The van der Waals surface area contributed by atoms with Gasteiger partial charge in [0.25, 0.3) is 0 Å². The highest BCUT2D eigenvalue weighted by Gasteiger charge is 2.15. The molecule has 3 rings (SSSR count). The minimum atomic E-state index is -0.445. The maximum atomic E-state index is 12.1. The third-order valence-electron chi connectivity index (χ3n) is 3.60. The number of nitrogens with one attached hydrogen (secondary N) is 1. The van der Waals surface area contributed by atoms with Gasteiger partial charge in [0.2, 0.25) is 0 Å². The average Bonchev–Trinajstić information content (AvgIpc) is 2.50. The number of carbonyl (C=O) groups is 1. The van der Waals surface area contributed by atoms with E-state index < -0.39 is 6.09 Å². The number of fused-ring (bicyclic) bond motifs is 1. The van der Waals surface area contributed by atoms with Crippen LogP contribution in [-0.2, 0) is 9.47 Å². The maximum Gasteiger partial charge on any atom is 0.412 e. The number of carbonyl (C=O) groups excluding carboxylic acids is 1. The van der Waals surface area contributed by atoms with Gasteiger partial charge in [0.15, 0.2) is 0 Å². The fourth-order valence-corrected chi connectivity index (χ4v) is 2.51. The molecule has 0 saturated carbocycles. The van der Waals surface area contributed by atoms with E-state index in [9.17, 15) is 4.79 Å². The topological polar surface area (TPSA) is 47.6 Å². The van der Waals surface area contributed by atoms with E-state index in [1.807, 2.05) is 48.5 Å². The summed E-state index contributed by atoms with van der Waals surface area (Å²) >= 11 is 0. The van der Waals surface area contributed by atoms with Crippen LogP contribution >= 0.6 is 0 Å². The highest BCUT2D eigenvalue weighted by atomic mass is 16.6. The monoisotopic (exact) mass is 297 g/mol. The Labute approximate surface area is 129 Å². The van der Waals surface area contributed by atoms with Crippen molar-refractivity contribution in [3.05, 3.63) is 54.6 Å². The lowest BCUT2D eigenvalue weighted by atomic mass is 10.1. The molecule has 1 aliphatic heterocycles. The van der Waals surface area contributed by atoms with Gasteiger partial charge < -0.3 is 9.47 Å². The van der Waals surface area contributed by atoms with E-state index in [1.54, 1.807) is 0 Å². The Bertz CT molecular complexity index is 676. The average molecular weight is 297 g/mol. The molecule has 1 amide bonds. The van der Waals surface area contributed by atoms with Crippen LogP contribution in [0.2, 0.25) is 0 Å². The number of benzene rings is 2. The van der Waals surface area contributed by atoms with Gasteiger partial charge in [0.05, 0.1) is 18.9 Å². The summed E-state index contributed by atoms with van der Waals surface area (Å²) in [4.78, 5) is 12.1. The van der Waals surface area contributed by atoms with Crippen LogP contribution in [0.5, 0.6) is 0 Å². The fourth-order valence-electron chi connectivity index (χ4n) is 2.51. The highest BCUT2D eigenvalue weighted by molar-refractivity contribution is 6.00. The van der Waals surface area contributed by atoms with E-state index in [0.717, 1.165) is 22.9 Å². The second-order valence-corrected chi connectivity index (χ2v) is 5.25. The van der Waals surface area contributed by atoms with Crippen LogP contribution in [-0.4, -0.2) is 25.4 Å². The molecule has 0 saturated heterocycles. The molecule has 2 aromatic carbocycles. The smallest absolute Gasteiger partial charge is 0.412 e. The molecule has 0 aliphatic carbocycles. The standard InChI is InChI=1S/C18H19NO3/c20-18(22-15-9-2-1-5-12-21-13-15)19-17-11-6-8-14-7-3-4-10-16(14)17/h1-4,6-8,10-11,15H,5,9,12-13H2,(H,19,20)/t15-/m0/s1.